The third-order valence-electron chi connectivity index (χ3n) is 3.51. The summed E-state index contributed by atoms with van der Waals surface area (Å²) in [7, 11) is 1.59. The van der Waals surface area contributed by atoms with E-state index in [1.54, 1.807) is 36.5 Å². The molecule has 0 spiro atoms. The van der Waals surface area contributed by atoms with Crippen molar-refractivity contribution in [2.75, 3.05) is 20.3 Å². The molecule has 1 atom stereocenters. The Morgan fingerprint density at radius 2 is 2.08 bits per heavy atom. The number of rotatable bonds is 9. The standard InChI is InChI=1S/C17H20N2O5S/c1-13(25-16-7-5-14(6-8-16)19(21)22)17(20)18(9-11-23-2)12-15-4-3-10-24-15/h3-8,10,13H,9,11-12H2,1-2H3. The molecule has 0 N–H and O–H groups in total. The SMILES string of the molecule is COCCN(Cc1ccco1)C(=O)C(C)Sc1ccc([N+](=O)[O-])cc1. The molecule has 1 amide bonds. The lowest BCUT2D eigenvalue weighted by molar-refractivity contribution is -0.384. The highest BCUT2D eigenvalue weighted by Crippen LogP contribution is 2.26. The molecule has 0 saturated heterocycles. The van der Waals surface area contributed by atoms with Gasteiger partial charge in [-0.05, 0) is 31.2 Å². The smallest absolute Gasteiger partial charge is 0.269 e. The van der Waals surface area contributed by atoms with Crippen LogP contribution in [0, 0.1) is 10.1 Å². The van der Waals surface area contributed by atoms with Crippen molar-refractivity contribution < 1.29 is 18.9 Å². The molecule has 25 heavy (non-hydrogen) atoms. The molecule has 134 valence electrons. The Labute approximate surface area is 150 Å². The zero-order chi connectivity index (χ0) is 18.2. The van der Waals surface area contributed by atoms with Crippen molar-refractivity contribution >= 4 is 23.4 Å². The number of nitro benzene ring substituents is 1. The van der Waals surface area contributed by atoms with Crippen LogP contribution in [0.4, 0.5) is 5.69 Å². The fourth-order valence-electron chi connectivity index (χ4n) is 2.22. The molecule has 2 aromatic rings. The number of carbonyl (C=O) groups is 1. The van der Waals surface area contributed by atoms with E-state index in [0.29, 0.717) is 25.5 Å². The maximum atomic E-state index is 12.8. The van der Waals surface area contributed by atoms with Gasteiger partial charge in [0, 0.05) is 30.7 Å². The van der Waals surface area contributed by atoms with Gasteiger partial charge in [0.2, 0.25) is 5.91 Å². The molecule has 1 heterocycles. The van der Waals surface area contributed by atoms with Gasteiger partial charge in [0.25, 0.3) is 5.69 Å². The highest BCUT2D eigenvalue weighted by Gasteiger charge is 2.22. The Morgan fingerprint density at radius 3 is 2.64 bits per heavy atom. The van der Waals surface area contributed by atoms with Gasteiger partial charge in [-0.1, -0.05) is 0 Å². The molecule has 0 aliphatic heterocycles. The number of thioether (sulfide) groups is 1. The molecule has 1 aromatic carbocycles. The van der Waals surface area contributed by atoms with Crippen LogP contribution in [-0.4, -0.2) is 41.2 Å². The van der Waals surface area contributed by atoms with Crippen molar-refractivity contribution in [2.24, 2.45) is 0 Å². The van der Waals surface area contributed by atoms with Gasteiger partial charge in [-0.15, -0.1) is 11.8 Å². The Balaban J connectivity index is 2.02. The van der Waals surface area contributed by atoms with E-state index in [2.05, 4.69) is 0 Å². The molecule has 0 aliphatic carbocycles. The normalized spacial score (nSPS) is 11.9. The Kier molecular flexibility index (Phi) is 7.03. The van der Waals surface area contributed by atoms with Gasteiger partial charge in [0.1, 0.15) is 5.76 Å². The Hall–Kier alpha value is -2.32. The highest BCUT2D eigenvalue weighted by molar-refractivity contribution is 8.00. The van der Waals surface area contributed by atoms with Crippen molar-refractivity contribution in [3.05, 3.63) is 58.5 Å². The second-order valence-corrected chi connectivity index (χ2v) is 6.76. The number of nitrogens with zero attached hydrogens (tertiary/aromatic N) is 2. The van der Waals surface area contributed by atoms with Gasteiger partial charge in [-0.25, -0.2) is 0 Å². The van der Waals surface area contributed by atoms with E-state index in [4.69, 9.17) is 9.15 Å². The molecule has 2 rings (SSSR count). The summed E-state index contributed by atoms with van der Waals surface area (Å²) in [6.45, 7) is 3.08. The van der Waals surface area contributed by atoms with Crippen molar-refractivity contribution in [1.29, 1.82) is 0 Å². The highest BCUT2D eigenvalue weighted by atomic mass is 32.2. The van der Waals surface area contributed by atoms with Crippen LogP contribution in [0.15, 0.2) is 52.0 Å². The van der Waals surface area contributed by atoms with Gasteiger partial charge in [-0.3, -0.25) is 14.9 Å². The molecule has 0 radical (unpaired) electrons. The number of hydrogen-bond acceptors (Lipinski definition) is 6. The molecule has 1 unspecified atom stereocenters. The predicted molar refractivity (Wildman–Crippen MR) is 94.4 cm³/mol. The van der Waals surface area contributed by atoms with E-state index in [-0.39, 0.29) is 16.8 Å². The van der Waals surface area contributed by atoms with Crippen LogP contribution in [0.5, 0.6) is 0 Å². The molecule has 8 heteroatoms. The van der Waals surface area contributed by atoms with E-state index in [0.717, 1.165) is 4.90 Å². The first-order valence-corrected chi connectivity index (χ1v) is 8.60. The van der Waals surface area contributed by atoms with Crippen molar-refractivity contribution in [3.8, 4) is 0 Å². The third kappa shape index (κ3) is 5.61. The first-order valence-electron chi connectivity index (χ1n) is 7.72. The average molecular weight is 364 g/mol. The summed E-state index contributed by atoms with van der Waals surface area (Å²) in [5.41, 5.74) is 0.0304. The molecule has 0 fully saturated rings. The number of non-ortho nitro benzene ring substituents is 1. The lowest BCUT2D eigenvalue weighted by Crippen LogP contribution is -2.38. The first-order chi connectivity index (χ1) is 12.0. The van der Waals surface area contributed by atoms with Crippen LogP contribution in [-0.2, 0) is 16.1 Å². The first kappa shape index (κ1) is 19.0. The van der Waals surface area contributed by atoms with Crippen molar-refractivity contribution in [2.45, 2.75) is 23.6 Å². The van der Waals surface area contributed by atoms with E-state index >= 15 is 0 Å². The minimum atomic E-state index is -0.446. The summed E-state index contributed by atoms with van der Waals surface area (Å²) in [5, 5.41) is 10.4. The predicted octanol–water partition coefficient (Wildman–Crippen LogP) is 3.34. The maximum Gasteiger partial charge on any atom is 0.269 e. The van der Waals surface area contributed by atoms with E-state index in [1.807, 2.05) is 13.0 Å². The molecule has 0 bridgehead atoms. The second-order valence-electron chi connectivity index (χ2n) is 5.34. The van der Waals surface area contributed by atoms with Crippen LogP contribution in [0.3, 0.4) is 0 Å². The van der Waals surface area contributed by atoms with Gasteiger partial charge in [0.15, 0.2) is 0 Å². The summed E-state index contributed by atoms with van der Waals surface area (Å²) in [4.78, 5) is 25.5. The zero-order valence-electron chi connectivity index (χ0n) is 14.1. The molecular weight excluding hydrogens is 344 g/mol. The van der Waals surface area contributed by atoms with Crippen molar-refractivity contribution in [1.82, 2.24) is 4.90 Å². The van der Waals surface area contributed by atoms with Crippen molar-refractivity contribution in [3.63, 3.8) is 0 Å². The van der Waals surface area contributed by atoms with Crippen LogP contribution >= 0.6 is 11.8 Å². The molecular formula is C17H20N2O5S. The fraction of sp³-hybridized carbons (Fsp3) is 0.353. The quantitative estimate of drug-likeness (QED) is 0.385. The minimum absolute atomic E-state index is 0.0304. The molecule has 0 aliphatic rings. The molecule has 1 aromatic heterocycles. The number of carbonyl (C=O) groups excluding carboxylic acids is 1. The van der Waals surface area contributed by atoms with Gasteiger partial charge in [-0.2, -0.15) is 0 Å². The number of methoxy groups -OCH3 is 1. The van der Waals surface area contributed by atoms with Gasteiger partial charge < -0.3 is 14.1 Å². The van der Waals surface area contributed by atoms with Crippen LogP contribution in [0.25, 0.3) is 0 Å². The maximum absolute atomic E-state index is 12.8. The zero-order valence-corrected chi connectivity index (χ0v) is 14.9. The van der Waals surface area contributed by atoms with Crippen LogP contribution in [0.1, 0.15) is 12.7 Å². The third-order valence-corrected chi connectivity index (χ3v) is 4.61. The van der Waals surface area contributed by atoms with Crippen LogP contribution < -0.4 is 0 Å². The summed E-state index contributed by atoms with van der Waals surface area (Å²) < 4.78 is 10.4. The average Bonchev–Trinajstić information content (AvgIpc) is 3.11. The number of hydrogen-bond donors (Lipinski definition) is 0. The topological polar surface area (TPSA) is 85.8 Å². The number of benzene rings is 1. The van der Waals surface area contributed by atoms with E-state index < -0.39 is 4.92 Å². The number of furan rings is 1. The number of nitro groups is 1. The number of ether oxygens (including phenoxy) is 1. The lowest BCUT2D eigenvalue weighted by Gasteiger charge is -2.24. The van der Waals surface area contributed by atoms with Gasteiger partial charge in [0.05, 0.1) is 29.6 Å². The van der Waals surface area contributed by atoms with Crippen LogP contribution in [0.2, 0.25) is 0 Å². The van der Waals surface area contributed by atoms with Gasteiger partial charge >= 0.3 is 0 Å². The van der Waals surface area contributed by atoms with E-state index in [1.165, 1.54) is 23.9 Å². The summed E-state index contributed by atoms with van der Waals surface area (Å²) >= 11 is 1.36. The Morgan fingerprint density at radius 1 is 1.36 bits per heavy atom. The Bertz CT molecular complexity index is 688. The monoisotopic (exact) mass is 364 g/mol. The van der Waals surface area contributed by atoms with E-state index in [9.17, 15) is 14.9 Å². The largest absolute Gasteiger partial charge is 0.467 e. The summed E-state index contributed by atoms with van der Waals surface area (Å²) in [6.07, 6.45) is 1.57. The number of amides is 1. The molecule has 7 nitrogen and oxygen atoms in total. The minimum Gasteiger partial charge on any atom is -0.467 e. The summed E-state index contributed by atoms with van der Waals surface area (Å²) in [6, 6.07) is 9.78. The fourth-order valence-corrected chi connectivity index (χ4v) is 3.17. The lowest BCUT2D eigenvalue weighted by atomic mass is 10.3. The summed E-state index contributed by atoms with van der Waals surface area (Å²) in [5.74, 6) is 0.661. The molecule has 0 saturated carbocycles. The second kappa shape index (κ2) is 9.24.